The van der Waals surface area contributed by atoms with Crippen LogP contribution in [0.3, 0.4) is 0 Å². The van der Waals surface area contributed by atoms with Gasteiger partial charge in [-0.2, -0.15) is 5.26 Å². The number of phenolic OH excluding ortho intramolecular Hbond substituents is 1. The first-order chi connectivity index (χ1) is 11.1. The number of H-pyrrole nitrogens is 1. The molecule has 0 amide bonds. The number of aromatic hydroxyl groups is 1. The maximum atomic E-state index is 11.9. The van der Waals surface area contributed by atoms with E-state index < -0.39 is 0 Å². The molecule has 0 bridgehead atoms. The monoisotopic (exact) mass is 302 g/mol. The SMILES string of the molecule is Cc1cc(-c2ccc(-c3cccc(O)c3)cc2)c(C#N)c(=O)[nH]1. The Hall–Kier alpha value is -3.32. The van der Waals surface area contributed by atoms with Gasteiger partial charge in [-0.1, -0.05) is 36.4 Å². The molecule has 0 aliphatic carbocycles. The number of nitrogens with zero attached hydrogens (tertiary/aromatic N) is 1. The van der Waals surface area contributed by atoms with Crippen LogP contribution in [0.2, 0.25) is 0 Å². The highest BCUT2D eigenvalue weighted by atomic mass is 16.3. The minimum atomic E-state index is -0.375. The maximum absolute atomic E-state index is 11.9. The fraction of sp³-hybridized carbons (Fsp3) is 0.0526. The third-order valence-corrected chi connectivity index (χ3v) is 3.66. The number of phenols is 1. The minimum Gasteiger partial charge on any atom is -0.508 e. The number of nitriles is 1. The fourth-order valence-electron chi connectivity index (χ4n) is 2.56. The van der Waals surface area contributed by atoms with Gasteiger partial charge in [0.1, 0.15) is 17.4 Å². The molecule has 0 saturated heterocycles. The molecule has 23 heavy (non-hydrogen) atoms. The van der Waals surface area contributed by atoms with Gasteiger partial charge in [0.25, 0.3) is 5.56 Å². The zero-order chi connectivity index (χ0) is 16.4. The van der Waals surface area contributed by atoms with Crippen LogP contribution in [-0.2, 0) is 0 Å². The Kier molecular flexibility index (Phi) is 3.70. The molecule has 0 aliphatic rings. The third kappa shape index (κ3) is 2.85. The van der Waals surface area contributed by atoms with Crippen molar-refractivity contribution in [3.63, 3.8) is 0 Å². The maximum Gasteiger partial charge on any atom is 0.266 e. The van der Waals surface area contributed by atoms with E-state index in [1.165, 1.54) is 0 Å². The lowest BCUT2D eigenvalue weighted by molar-refractivity contribution is 0.475. The van der Waals surface area contributed by atoms with Crippen LogP contribution in [0.4, 0.5) is 0 Å². The fourth-order valence-corrected chi connectivity index (χ4v) is 2.56. The molecular weight excluding hydrogens is 288 g/mol. The predicted molar refractivity (Wildman–Crippen MR) is 89.1 cm³/mol. The Bertz CT molecular complexity index is 964. The van der Waals surface area contributed by atoms with Gasteiger partial charge in [-0.05, 0) is 41.8 Å². The average molecular weight is 302 g/mol. The zero-order valence-electron chi connectivity index (χ0n) is 12.5. The van der Waals surface area contributed by atoms with Gasteiger partial charge < -0.3 is 10.1 Å². The number of hydrogen-bond donors (Lipinski definition) is 2. The first-order valence-electron chi connectivity index (χ1n) is 7.12. The van der Waals surface area contributed by atoms with Crippen molar-refractivity contribution in [3.8, 4) is 34.1 Å². The first kappa shape index (κ1) is 14.6. The van der Waals surface area contributed by atoms with Gasteiger partial charge >= 0.3 is 0 Å². The lowest BCUT2D eigenvalue weighted by Crippen LogP contribution is -2.12. The Morgan fingerprint density at radius 3 is 2.35 bits per heavy atom. The molecule has 2 aromatic carbocycles. The van der Waals surface area contributed by atoms with Crippen LogP contribution in [0.1, 0.15) is 11.3 Å². The van der Waals surface area contributed by atoms with Crippen molar-refractivity contribution in [2.75, 3.05) is 0 Å². The van der Waals surface area contributed by atoms with Crippen LogP contribution in [0.5, 0.6) is 5.75 Å². The molecule has 0 atom stereocenters. The highest BCUT2D eigenvalue weighted by Gasteiger charge is 2.10. The van der Waals surface area contributed by atoms with Gasteiger partial charge in [-0.3, -0.25) is 4.79 Å². The van der Waals surface area contributed by atoms with Crippen molar-refractivity contribution in [1.82, 2.24) is 4.98 Å². The zero-order valence-corrected chi connectivity index (χ0v) is 12.5. The van der Waals surface area contributed by atoms with Crippen LogP contribution in [0.15, 0.2) is 59.4 Å². The molecule has 0 fully saturated rings. The summed E-state index contributed by atoms with van der Waals surface area (Å²) < 4.78 is 0. The van der Waals surface area contributed by atoms with Crippen LogP contribution < -0.4 is 5.56 Å². The summed E-state index contributed by atoms with van der Waals surface area (Å²) in [7, 11) is 0. The molecule has 4 nitrogen and oxygen atoms in total. The topological polar surface area (TPSA) is 76.9 Å². The van der Waals surface area contributed by atoms with E-state index in [-0.39, 0.29) is 16.9 Å². The van der Waals surface area contributed by atoms with Gasteiger partial charge in [0.2, 0.25) is 0 Å². The molecule has 2 N–H and O–H groups in total. The molecule has 0 unspecified atom stereocenters. The van der Waals surface area contributed by atoms with Gasteiger partial charge in [-0.15, -0.1) is 0 Å². The smallest absolute Gasteiger partial charge is 0.266 e. The van der Waals surface area contributed by atoms with Crippen molar-refractivity contribution in [1.29, 1.82) is 5.26 Å². The van der Waals surface area contributed by atoms with Crippen LogP contribution >= 0.6 is 0 Å². The summed E-state index contributed by atoms with van der Waals surface area (Å²) in [6.07, 6.45) is 0. The first-order valence-corrected chi connectivity index (χ1v) is 7.12. The number of aromatic amines is 1. The largest absolute Gasteiger partial charge is 0.508 e. The quantitative estimate of drug-likeness (QED) is 0.759. The molecule has 1 aromatic heterocycles. The van der Waals surface area contributed by atoms with Crippen LogP contribution in [0, 0.1) is 18.3 Å². The summed E-state index contributed by atoms with van der Waals surface area (Å²) in [5.41, 5.74) is 3.72. The normalized spacial score (nSPS) is 10.3. The lowest BCUT2D eigenvalue weighted by Gasteiger charge is -2.07. The number of nitrogens with one attached hydrogen (secondary N) is 1. The van der Waals surface area contributed by atoms with E-state index in [0.29, 0.717) is 11.3 Å². The van der Waals surface area contributed by atoms with Gasteiger partial charge in [0.15, 0.2) is 0 Å². The molecular formula is C19H14N2O2. The van der Waals surface area contributed by atoms with Crippen LogP contribution in [-0.4, -0.2) is 10.1 Å². The highest BCUT2D eigenvalue weighted by molar-refractivity contribution is 5.74. The summed E-state index contributed by atoms with van der Waals surface area (Å²) in [4.78, 5) is 14.5. The molecule has 0 radical (unpaired) electrons. The second-order valence-corrected chi connectivity index (χ2v) is 5.31. The number of aryl methyl sites for hydroxylation is 1. The van der Waals surface area contributed by atoms with Crippen molar-refractivity contribution >= 4 is 0 Å². The van der Waals surface area contributed by atoms with E-state index in [1.807, 2.05) is 36.4 Å². The van der Waals surface area contributed by atoms with Gasteiger partial charge in [0.05, 0.1) is 0 Å². The van der Waals surface area contributed by atoms with Crippen molar-refractivity contribution in [2.45, 2.75) is 6.92 Å². The van der Waals surface area contributed by atoms with E-state index >= 15 is 0 Å². The van der Waals surface area contributed by atoms with Crippen molar-refractivity contribution in [3.05, 3.63) is 76.2 Å². The number of rotatable bonds is 2. The Labute approximate surface area is 133 Å². The van der Waals surface area contributed by atoms with E-state index in [0.717, 1.165) is 16.7 Å². The highest BCUT2D eigenvalue weighted by Crippen LogP contribution is 2.27. The molecule has 0 aliphatic heterocycles. The Morgan fingerprint density at radius 2 is 1.70 bits per heavy atom. The summed E-state index contributed by atoms with van der Waals surface area (Å²) >= 11 is 0. The number of benzene rings is 2. The Morgan fingerprint density at radius 1 is 1.00 bits per heavy atom. The van der Waals surface area contributed by atoms with E-state index in [2.05, 4.69) is 4.98 Å². The van der Waals surface area contributed by atoms with Gasteiger partial charge in [-0.25, -0.2) is 0 Å². The Balaban J connectivity index is 2.07. The van der Waals surface area contributed by atoms with E-state index in [1.54, 1.807) is 31.2 Å². The molecule has 112 valence electrons. The standard InChI is InChI=1S/C19H14N2O2/c1-12-9-17(18(11-20)19(23)21-12)14-7-5-13(6-8-14)15-3-2-4-16(22)10-15/h2-10,22H,1H3,(H,21,23). The van der Waals surface area contributed by atoms with E-state index in [9.17, 15) is 15.2 Å². The molecule has 0 spiro atoms. The lowest BCUT2D eigenvalue weighted by atomic mass is 9.98. The summed E-state index contributed by atoms with van der Waals surface area (Å²) in [5, 5.41) is 18.8. The molecule has 3 aromatic rings. The predicted octanol–water partition coefficient (Wildman–Crippen LogP) is 3.59. The minimum absolute atomic E-state index is 0.112. The molecule has 1 heterocycles. The van der Waals surface area contributed by atoms with Crippen molar-refractivity contribution < 1.29 is 5.11 Å². The van der Waals surface area contributed by atoms with Crippen LogP contribution in [0.25, 0.3) is 22.3 Å². The van der Waals surface area contributed by atoms with E-state index in [4.69, 9.17) is 0 Å². The number of pyridine rings is 1. The second kappa shape index (κ2) is 5.82. The average Bonchev–Trinajstić information content (AvgIpc) is 2.54. The second-order valence-electron chi connectivity index (χ2n) is 5.31. The molecule has 4 heteroatoms. The molecule has 0 saturated carbocycles. The summed E-state index contributed by atoms with van der Waals surface area (Å²) in [6, 6.07) is 18.3. The summed E-state index contributed by atoms with van der Waals surface area (Å²) in [6.45, 7) is 1.78. The number of aromatic nitrogens is 1. The summed E-state index contributed by atoms with van der Waals surface area (Å²) in [5.74, 6) is 0.212. The molecule has 3 rings (SSSR count). The number of hydrogen-bond acceptors (Lipinski definition) is 3. The van der Waals surface area contributed by atoms with Gasteiger partial charge in [0, 0.05) is 11.3 Å². The third-order valence-electron chi connectivity index (χ3n) is 3.66. The van der Waals surface area contributed by atoms with Crippen molar-refractivity contribution in [2.24, 2.45) is 0 Å².